The topological polar surface area (TPSA) is 78.7 Å². The average molecular weight is 408 g/mol. The molecule has 0 aliphatic carbocycles. The Hall–Kier alpha value is -3.64. The minimum absolute atomic E-state index is 0.0261. The van der Waals surface area contributed by atoms with Crippen LogP contribution in [0.15, 0.2) is 72.5 Å². The van der Waals surface area contributed by atoms with Crippen LogP contribution in [0.2, 0.25) is 5.02 Å². The smallest absolute Gasteiger partial charge is 0.269 e. The molecule has 0 spiro atoms. The molecule has 0 amide bonds. The summed E-state index contributed by atoms with van der Waals surface area (Å²) in [6, 6.07) is 18.2. The van der Waals surface area contributed by atoms with Crippen molar-refractivity contribution >= 4 is 29.1 Å². The number of carbonyl (C=O) groups is 1. The highest BCUT2D eigenvalue weighted by atomic mass is 35.5. The second kappa shape index (κ2) is 7.77. The standard InChI is InChI=1S/C22H14ClNO5/c23-16-5-1-14(2-6-16)11-21-22(25)19-10-9-18(12-20(19)29-21)28-13-15-3-7-17(8-4-15)24(26)27/h1-12H,13H2/b21-11-. The van der Waals surface area contributed by atoms with Crippen LogP contribution in [0.1, 0.15) is 21.5 Å². The Morgan fingerprint density at radius 3 is 2.45 bits per heavy atom. The number of non-ortho nitro benzene ring substituents is 1. The lowest BCUT2D eigenvalue weighted by Crippen LogP contribution is -1.98. The highest BCUT2D eigenvalue weighted by Crippen LogP contribution is 2.35. The minimum atomic E-state index is -0.450. The van der Waals surface area contributed by atoms with Gasteiger partial charge in [0, 0.05) is 23.2 Å². The van der Waals surface area contributed by atoms with E-state index in [1.165, 1.54) is 12.1 Å². The summed E-state index contributed by atoms with van der Waals surface area (Å²) in [5, 5.41) is 11.3. The van der Waals surface area contributed by atoms with Gasteiger partial charge in [-0.05, 0) is 53.6 Å². The molecule has 0 N–H and O–H groups in total. The van der Waals surface area contributed by atoms with Gasteiger partial charge in [-0.1, -0.05) is 23.7 Å². The Kier molecular flexibility index (Phi) is 5.01. The number of ether oxygens (including phenoxy) is 2. The Morgan fingerprint density at radius 2 is 1.76 bits per heavy atom. The van der Waals surface area contributed by atoms with Crippen molar-refractivity contribution in [2.45, 2.75) is 6.61 Å². The van der Waals surface area contributed by atoms with E-state index >= 15 is 0 Å². The van der Waals surface area contributed by atoms with Gasteiger partial charge >= 0.3 is 0 Å². The van der Waals surface area contributed by atoms with Gasteiger partial charge in [-0.2, -0.15) is 0 Å². The molecular weight excluding hydrogens is 394 g/mol. The molecule has 0 saturated heterocycles. The number of fused-ring (bicyclic) bond motifs is 1. The lowest BCUT2D eigenvalue weighted by atomic mass is 10.1. The van der Waals surface area contributed by atoms with Crippen LogP contribution < -0.4 is 9.47 Å². The fraction of sp³-hybridized carbons (Fsp3) is 0.0455. The molecule has 3 aromatic rings. The highest BCUT2D eigenvalue weighted by Gasteiger charge is 2.27. The largest absolute Gasteiger partial charge is 0.489 e. The van der Waals surface area contributed by atoms with Crippen molar-refractivity contribution < 1.29 is 19.2 Å². The fourth-order valence-corrected chi connectivity index (χ4v) is 2.97. The number of benzene rings is 3. The van der Waals surface area contributed by atoms with Crippen LogP contribution in [0.25, 0.3) is 6.08 Å². The van der Waals surface area contributed by atoms with Crippen molar-refractivity contribution in [3.05, 3.63) is 104 Å². The van der Waals surface area contributed by atoms with Gasteiger partial charge < -0.3 is 9.47 Å². The van der Waals surface area contributed by atoms with E-state index in [1.807, 2.05) is 0 Å². The summed E-state index contributed by atoms with van der Waals surface area (Å²) in [4.78, 5) is 22.8. The molecule has 0 radical (unpaired) electrons. The molecule has 4 rings (SSSR count). The third-order valence-corrected chi connectivity index (χ3v) is 4.61. The molecule has 1 heterocycles. The van der Waals surface area contributed by atoms with Crippen LogP contribution in [0, 0.1) is 10.1 Å². The lowest BCUT2D eigenvalue weighted by Gasteiger charge is -2.07. The zero-order valence-electron chi connectivity index (χ0n) is 15.0. The maximum absolute atomic E-state index is 12.5. The van der Waals surface area contributed by atoms with Crippen molar-refractivity contribution in [3.63, 3.8) is 0 Å². The first-order valence-electron chi connectivity index (χ1n) is 8.69. The molecule has 0 saturated carbocycles. The molecular formula is C22H14ClNO5. The summed E-state index contributed by atoms with van der Waals surface area (Å²) in [5.74, 6) is 0.991. The third-order valence-electron chi connectivity index (χ3n) is 4.36. The summed E-state index contributed by atoms with van der Waals surface area (Å²) in [5.41, 5.74) is 2.09. The number of carbonyl (C=O) groups excluding carboxylic acids is 1. The number of nitro groups is 1. The normalized spacial score (nSPS) is 13.8. The van der Waals surface area contributed by atoms with E-state index in [1.54, 1.807) is 60.7 Å². The van der Waals surface area contributed by atoms with E-state index in [9.17, 15) is 14.9 Å². The van der Waals surface area contributed by atoms with Crippen molar-refractivity contribution in [1.82, 2.24) is 0 Å². The Bertz CT molecular complexity index is 1120. The number of allylic oxidation sites excluding steroid dienone is 1. The molecule has 6 nitrogen and oxygen atoms in total. The fourth-order valence-electron chi connectivity index (χ4n) is 2.85. The van der Waals surface area contributed by atoms with Gasteiger partial charge in [0.1, 0.15) is 18.1 Å². The summed E-state index contributed by atoms with van der Waals surface area (Å²) < 4.78 is 11.4. The van der Waals surface area contributed by atoms with Gasteiger partial charge in [0.15, 0.2) is 5.76 Å². The van der Waals surface area contributed by atoms with Crippen molar-refractivity contribution in [3.8, 4) is 11.5 Å². The first kappa shape index (κ1) is 18.7. The van der Waals surface area contributed by atoms with Crippen LogP contribution in [0.4, 0.5) is 5.69 Å². The molecule has 0 unspecified atom stereocenters. The predicted molar refractivity (Wildman–Crippen MR) is 108 cm³/mol. The number of hydrogen-bond acceptors (Lipinski definition) is 5. The lowest BCUT2D eigenvalue weighted by molar-refractivity contribution is -0.384. The van der Waals surface area contributed by atoms with Gasteiger partial charge in [-0.25, -0.2) is 0 Å². The predicted octanol–water partition coefficient (Wildman–Crippen LogP) is 5.44. The van der Waals surface area contributed by atoms with Crippen LogP contribution in [-0.4, -0.2) is 10.7 Å². The first-order chi connectivity index (χ1) is 14.0. The van der Waals surface area contributed by atoms with E-state index in [0.717, 1.165) is 11.1 Å². The van der Waals surface area contributed by atoms with Crippen molar-refractivity contribution in [2.75, 3.05) is 0 Å². The second-order valence-electron chi connectivity index (χ2n) is 6.36. The second-order valence-corrected chi connectivity index (χ2v) is 6.80. The third kappa shape index (κ3) is 4.12. The van der Waals surface area contributed by atoms with E-state index in [2.05, 4.69) is 0 Å². The van der Waals surface area contributed by atoms with E-state index < -0.39 is 4.92 Å². The van der Waals surface area contributed by atoms with Crippen LogP contribution in [-0.2, 0) is 6.61 Å². The number of nitrogens with zero attached hydrogens (tertiary/aromatic N) is 1. The van der Waals surface area contributed by atoms with E-state index in [0.29, 0.717) is 22.1 Å². The summed E-state index contributed by atoms with van der Waals surface area (Å²) in [7, 11) is 0. The Labute approximate surface area is 171 Å². The number of Topliss-reactive ketones (excluding diaryl/α,β-unsaturated/α-hetero) is 1. The molecule has 144 valence electrons. The maximum atomic E-state index is 12.5. The Morgan fingerprint density at radius 1 is 1.03 bits per heavy atom. The number of nitro benzene ring substituents is 1. The van der Waals surface area contributed by atoms with Gasteiger partial charge in [0.25, 0.3) is 5.69 Å². The van der Waals surface area contributed by atoms with Crippen LogP contribution >= 0.6 is 11.6 Å². The summed E-state index contributed by atoms with van der Waals surface area (Å²) >= 11 is 5.88. The molecule has 0 fully saturated rings. The number of hydrogen-bond donors (Lipinski definition) is 0. The summed E-state index contributed by atoms with van der Waals surface area (Å²) in [6.45, 7) is 0.234. The molecule has 1 aliphatic rings. The molecule has 7 heteroatoms. The number of rotatable bonds is 5. The van der Waals surface area contributed by atoms with Gasteiger partial charge in [0.05, 0.1) is 10.5 Å². The zero-order chi connectivity index (χ0) is 20.4. The number of halogens is 1. The molecule has 0 atom stereocenters. The van der Waals surface area contributed by atoms with Crippen molar-refractivity contribution in [2.24, 2.45) is 0 Å². The molecule has 0 aromatic heterocycles. The minimum Gasteiger partial charge on any atom is -0.489 e. The molecule has 1 aliphatic heterocycles. The van der Waals surface area contributed by atoms with Gasteiger partial charge in [0.2, 0.25) is 5.78 Å². The monoisotopic (exact) mass is 407 g/mol. The Balaban J connectivity index is 1.47. The van der Waals surface area contributed by atoms with Gasteiger partial charge in [-0.15, -0.1) is 0 Å². The highest BCUT2D eigenvalue weighted by molar-refractivity contribution is 6.30. The zero-order valence-corrected chi connectivity index (χ0v) is 15.8. The average Bonchev–Trinajstić information content (AvgIpc) is 3.03. The SMILES string of the molecule is O=C1/C(=C/c2ccc(Cl)cc2)Oc2cc(OCc3ccc([N+](=O)[O-])cc3)ccc21. The van der Waals surface area contributed by atoms with E-state index in [-0.39, 0.29) is 23.8 Å². The van der Waals surface area contributed by atoms with E-state index in [4.69, 9.17) is 21.1 Å². The summed E-state index contributed by atoms with van der Waals surface area (Å²) in [6.07, 6.45) is 1.66. The van der Waals surface area contributed by atoms with Gasteiger partial charge in [-0.3, -0.25) is 14.9 Å². The van der Waals surface area contributed by atoms with Crippen LogP contribution in [0.5, 0.6) is 11.5 Å². The quantitative estimate of drug-likeness (QED) is 0.319. The molecule has 0 bridgehead atoms. The first-order valence-corrected chi connectivity index (χ1v) is 9.07. The molecule has 29 heavy (non-hydrogen) atoms. The number of ketones is 1. The maximum Gasteiger partial charge on any atom is 0.269 e. The molecule has 3 aromatic carbocycles. The van der Waals surface area contributed by atoms with Crippen LogP contribution in [0.3, 0.4) is 0 Å². The van der Waals surface area contributed by atoms with Crippen molar-refractivity contribution in [1.29, 1.82) is 0 Å².